The van der Waals surface area contributed by atoms with Crippen LogP contribution in [0.5, 0.6) is 0 Å². The number of fused-ring (bicyclic) bond motifs is 24. The summed E-state index contributed by atoms with van der Waals surface area (Å²) in [4.78, 5) is 45.9. The normalized spacial score (nSPS) is 11.8. The van der Waals surface area contributed by atoms with E-state index >= 15 is 0 Å². The minimum Gasteiger partial charge on any atom is -0.456 e. The minimum absolute atomic E-state index is 0.543. The van der Waals surface area contributed by atoms with Crippen LogP contribution in [0.4, 0.5) is 0 Å². The first-order valence-corrected chi connectivity index (χ1v) is 48.5. The van der Waals surface area contributed by atoms with Crippen LogP contribution in [-0.2, 0) is 0 Å². The van der Waals surface area contributed by atoms with E-state index in [1.165, 1.54) is 16.3 Å². The Kier molecular flexibility index (Phi) is 19.2. The number of benzene rings is 20. The molecule has 20 aromatic carbocycles. The van der Waals surface area contributed by atoms with Gasteiger partial charge >= 0.3 is 0 Å². The molecule has 11 heterocycles. The van der Waals surface area contributed by atoms with Crippen LogP contribution in [0, 0.1) is 0 Å². The molecular weight excluding hydrogens is 1800 g/mol. The molecule has 0 spiro atoms. The lowest BCUT2D eigenvalue weighted by Crippen LogP contribution is -2.06. The molecule has 31 rings (SSSR count). The van der Waals surface area contributed by atoms with Crippen LogP contribution in [0.3, 0.4) is 0 Å². The number of rotatable bonds is 12. The fraction of sp³-hybridized carbons (Fsp3) is 0. The summed E-state index contributed by atoms with van der Waals surface area (Å²) in [5.41, 5.74) is 26.3. The predicted octanol–water partition coefficient (Wildman–Crippen LogP) is 33.4. The van der Waals surface area contributed by atoms with Gasteiger partial charge in [0, 0.05) is 136 Å². The lowest BCUT2D eigenvalue weighted by molar-refractivity contribution is 0.668. The molecular formula is C129H76N12O5. The minimum atomic E-state index is 0.543. The highest BCUT2D eigenvalue weighted by molar-refractivity contribution is 6.20. The Hall–Kier alpha value is -20.2. The van der Waals surface area contributed by atoms with Crippen molar-refractivity contribution in [2.24, 2.45) is 0 Å². The second-order valence-electron chi connectivity index (χ2n) is 36.5. The molecule has 31 aromatic rings. The summed E-state index contributed by atoms with van der Waals surface area (Å²) in [5, 5.41) is 17.7. The largest absolute Gasteiger partial charge is 0.456 e. The van der Waals surface area contributed by atoms with Gasteiger partial charge < -0.3 is 26.7 Å². The fourth-order valence-electron chi connectivity index (χ4n) is 21.2. The van der Waals surface area contributed by atoms with Crippen LogP contribution in [0.25, 0.3) is 295 Å². The SMILES string of the molecule is c1cc(-c2nc(-c3ccc4c(c3)oc3ccccc34)nc(-c3ccc4c(c3)oc3ccccc34)n2)cc(-n2c3ccccc3c3ccccc32)c1.c1ccc(-c2ccc(-c3nc(-c4ccccc4)nc(-n4c5ccccc5c5c(-c6cccc7c6oc6ccccc67)cccc54)n3)cc2)cc1.c1ccc2c(c1)oc1cc(-c3nc(-c4ccc5c(c4)oc4ccccc45)nc(-n4c5ccccc5c5ccccc54)n3)ccc12. The Balaban J connectivity index is 0.000000104. The van der Waals surface area contributed by atoms with Crippen molar-refractivity contribution in [1.29, 1.82) is 0 Å². The molecule has 0 amide bonds. The zero-order valence-electron chi connectivity index (χ0n) is 77.8. The van der Waals surface area contributed by atoms with Crippen molar-refractivity contribution in [2.45, 2.75) is 0 Å². The first-order valence-electron chi connectivity index (χ1n) is 48.5. The lowest BCUT2D eigenvalue weighted by atomic mass is 9.97. The molecule has 0 atom stereocenters. The average molecular weight is 1870 g/mol. The second-order valence-corrected chi connectivity index (χ2v) is 36.5. The molecule has 11 aromatic heterocycles. The van der Waals surface area contributed by atoms with Crippen molar-refractivity contribution >= 4 is 175 Å². The number of hydrogen-bond donors (Lipinski definition) is 0. The van der Waals surface area contributed by atoms with Gasteiger partial charge in [0.25, 0.3) is 0 Å². The van der Waals surface area contributed by atoms with Gasteiger partial charge in [0.05, 0.1) is 33.1 Å². The van der Waals surface area contributed by atoms with Gasteiger partial charge in [-0.05, 0) is 144 Å². The van der Waals surface area contributed by atoms with Gasteiger partial charge in [-0.15, -0.1) is 0 Å². The van der Waals surface area contributed by atoms with Gasteiger partial charge in [-0.25, -0.2) is 24.9 Å². The number of furan rings is 5. The van der Waals surface area contributed by atoms with E-state index in [9.17, 15) is 0 Å². The van der Waals surface area contributed by atoms with Gasteiger partial charge in [0.1, 0.15) is 55.8 Å². The van der Waals surface area contributed by atoms with Crippen molar-refractivity contribution in [3.63, 3.8) is 0 Å². The van der Waals surface area contributed by atoms with Gasteiger partial charge in [0.15, 0.2) is 40.8 Å². The summed E-state index contributed by atoms with van der Waals surface area (Å²) in [6.45, 7) is 0. The quantitative estimate of drug-likeness (QED) is 0.112. The van der Waals surface area contributed by atoms with Crippen molar-refractivity contribution < 1.29 is 22.1 Å². The van der Waals surface area contributed by atoms with Crippen molar-refractivity contribution in [3.05, 3.63) is 461 Å². The summed E-state index contributed by atoms with van der Waals surface area (Å²) < 4.78 is 38.1. The summed E-state index contributed by atoms with van der Waals surface area (Å²) >= 11 is 0. The molecule has 0 N–H and O–H groups in total. The molecule has 0 aliphatic heterocycles. The number of nitrogens with zero attached hydrogens (tertiary/aromatic N) is 12. The Labute approximate surface area is 830 Å². The Bertz CT molecular complexity index is 10400. The van der Waals surface area contributed by atoms with Gasteiger partial charge in [-0.3, -0.25) is 9.13 Å². The molecule has 0 saturated carbocycles. The van der Waals surface area contributed by atoms with E-state index in [0.717, 1.165) is 226 Å². The molecule has 0 fully saturated rings. The molecule has 0 radical (unpaired) electrons. The zero-order valence-corrected chi connectivity index (χ0v) is 77.8. The Morgan fingerprint density at radius 2 is 0.397 bits per heavy atom. The molecule has 0 aliphatic carbocycles. The third-order valence-electron chi connectivity index (χ3n) is 28.0. The topological polar surface area (TPSA) is 196 Å². The highest BCUT2D eigenvalue weighted by Gasteiger charge is 2.27. The predicted molar refractivity (Wildman–Crippen MR) is 588 cm³/mol. The molecule has 0 bridgehead atoms. The fourth-order valence-corrected chi connectivity index (χ4v) is 21.2. The monoisotopic (exact) mass is 1870 g/mol. The molecule has 682 valence electrons. The molecule has 146 heavy (non-hydrogen) atoms. The first kappa shape index (κ1) is 82.9. The van der Waals surface area contributed by atoms with Crippen molar-refractivity contribution in [2.75, 3.05) is 0 Å². The number of para-hydroxylation sites is 11. The van der Waals surface area contributed by atoms with Gasteiger partial charge in [-0.1, -0.05) is 334 Å². The van der Waals surface area contributed by atoms with E-state index in [1.54, 1.807) is 0 Å². The Morgan fingerprint density at radius 1 is 0.144 bits per heavy atom. The number of aromatic nitrogens is 12. The van der Waals surface area contributed by atoms with Crippen molar-refractivity contribution in [3.8, 4) is 120 Å². The van der Waals surface area contributed by atoms with Crippen LogP contribution in [0.15, 0.2) is 483 Å². The van der Waals surface area contributed by atoms with Crippen LogP contribution < -0.4 is 0 Å². The van der Waals surface area contributed by atoms with E-state index in [2.05, 4.69) is 317 Å². The number of hydrogen-bond acceptors (Lipinski definition) is 14. The molecule has 0 saturated heterocycles. The van der Waals surface area contributed by atoms with Crippen LogP contribution in [0.2, 0.25) is 0 Å². The third kappa shape index (κ3) is 14.0. The van der Waals surface area contributed by atoms with E-state index in [1.807, 2.05) is 158 Å². The van der Waals surface area contributed by atoms with Gasteiger partial charge in [-0.2, -0.15) is 19.9 Å². The maximum absolute atomic E-state index is 6.52. The Morgan fingerprint density at radius 3 is 0.822 bits per heavy atom. The molecule has 17 nitrogen and oxygen atoms in total. The molecule has 17 heteroatoms. The van der Waals surface area contributed by atoms with Crippen LogP contribution >= 0.6 is 0 Å². The van der Waals surface area contributed by atoms with Crippen LogP contribution in [-0.4, -0.2) is 58.6 Å². The van der Waals surface area contributed by atoms with E-state index in [-0.39, 0.29) is 0 Å². The van der Waals surface area contributed by atoms with Crippen LogP contribution in [0.1, 0.15) is 0 Å². The van der Waals surface area contributed by atoms with Crippen molar-refractivity contribution in [1.82, 2.24) is 58.6 Å². The summed E-state index contributed by atoms with van der Waals surface area (Å²) in [6.07, 6.45) is 0. The van der Waals surface area contributed by atoms with E-state index < -0.39 is 0 Å². The van der Waals surface area contributed by atoms with E-state index in [4.69, 9.17) is 66.9 Å². The zero-order chi connectivity index (χ0) is 96.0. The second kappa shape index (κ2) is 33.8. The maximum atomic E-state index is 6.52. The molecule has 0 unspecified atom stereocenters. The van der Waals surface area contributed by atoms with Gasteiger partial charge in [0.2, 0.25) is 11.9 Å². The van der Waals surface area contributed by atoms with E-state index in [0.29, 0.717) is 52.7 Å². The summed E-state index contributed by atoms with van der Waals surface area (Å²) in [7, 11) is 0. The first-order chi connectivity index (χ1) is 72.3. The summed E-state index contributed by atoms with van der Waals surface area (Å²) in [5.74, 6) is 5.15. The third-order valence-corrected chi connectivity index (χ3v) is 28.0. The highest BCUT2D eigenvalue weighted by atomic mass is 16.3. The highest BCUT2D eigenvalue weighted by Crippen LogP contribution is 2.46. The standard InChI is InChI=1S/C45H26N4O2.C45H28N4O.C39H22N4O2/c1-5-16-37-31(12-1)32-13-2-6-17-38(32)49(37)30-11-9-10-27(24-30)43-46-44(28-20-22-35-33-14-3-7-18-39(33)50-41(35)25-28)48-45(47-43)29-21-23-36-34-15-4-8-19-40(34)51-42(36)26-29;1-3-13-29(14-4-1)30-25-27-32(28-26-30)44-46-43(31-15-5-2-6-16-31)47-45(48-44)49-38-22-9-7-18-37(38)41-34(19-12-23-39(41)49)36-21-11-20-35-33-17-8-10-24-40(33)50-42(35)36;1-5-13-31-25(9-1)26-10-2-6-14-32(26)43(31)39-41-37(23-17-19-29-27-11-3-7-15-33(27)44-35(29)21-23)40-38(42-39)24-18-20-30-28-12-4-8-16-34(28)45-36(30)22-24/h1-26H;1-28H;1-22H. The summed E-state index contributed by atoms with van der Waals surface area (Å²) in [6, 6.07) is 158. The lowest BCUT2D eigenvalue weighted by Gasteiger charge is -2.11. The smallest absolute Gasteiger partial charge is 0.238 e. The molecule has 0 aliphatic rings. The average Bonchev–Trinajstić information content (AvgIpc) is 1.57. The maximum Gasteiger partial charge on any atom is 0.238 e.